The van der Waals surface area contributed by atoms with Crippen molar-refractivity contribution in [2.75, 3.05) is 12.4 Å². The second kappa shape index (κ2) is 4.28. The third-order valence-electron chi connectivity index (χ3n) is 2.44. The van der Waals surface area contributed by atoms with Gasteiger partial charge < -0.3 is 10.6 Å². The molecule has 0 radical (unpaired) electrons. The van der Waals surface area contributed by atoms with Crippen molar-refractivity contribution in [1.29, 1.82) is 0 Å². The van der Waals surface area contributed by atoms with Gasteiger partial charge in [0, 0.05) is 4.88 Å². The zero-order valence-electron chi connectivity index (χ0n) is 9.76. The lowest BCUT2D eigenvalue weighted by atomic mass is 10.1. The number of hydrogen-bond acceptors (Lipinski definition) is 4. The molecule has 0 saturated heterocycles. The van der Waals surface area contributed by atoms with Crippen LogP contribution in [0.4, 0.5) is 5.13 Å². The molecule has 0 unspecified atom stereocenters. The molecule has 0 aliphatic rings. The highest BCUT2D eigenvalue weighted by Gasteiger charge is 2.25. The Morgan fingerprint density at radius 1 is 1.40 bits per heavy atom. The summed E-state index contributed by atoms with van der Waals surface area (Å²) < 4.78 is 0. The fourth-order valence-electron chi connectivity index (χ4n) is 0.893. The molecule has 4 nitrogen and oxygen atoms in total. The van der Waals surface area contributed by atoms with Crippen LogP contribution >= 0.6 is 11.3 Å². The first-order chi connectivity index (χ1) is 6.86. The summed E-state index contributed by atoms with van der Waals surface area (Å²) in [5.41, 5.74) is 0.394. The molecule has 0 bridgehead atoms. The van der Waals surface area contributed by atoms with Gasteiger partial charge >= 0.3 is 0 Å². The standard InChI is InChI=1S/C10H17N3OS/c1-6-7(2)15-9(12-6)13-8(14)10(3,4)11-5/h11H,1-5H3,(H,12,13,14). The number of carbonyl (C=O) groups excluding carboxylic acids is 1. The molecule has 0 aromatic carbocycles. The molecule has 0 spiro atoms. The van der Waals surface area contributed by atoms with Crippen LogP contribution in [0.1, 0.15) is 24.4 Å². The highest BCUT2D eigenvalue weighted by Crippen LogP contribution is 2.21. The smallest absolute Gasteiger partial charge is 0.245 e. The van der Waals surface area contributed by atoms with E-state index in [1.54, 1.807) is 7.05 Å². The fourth-order valence-corrected chi connectivity index (χ4v) is 1.70. The minimum absolute atomic E-state index is 0.0706. The number of anilines is 1. The second-order valence-corrected chi connectivity index (χ2v) is 5.19. The van der Waals surface area contributed by atoms with Crippen molar-refractivity contribution in [1.82, 2.24) is 10.3 Å². The molecule has 0 atom stereocenters. The number of nitrogens with zero attached hydrogens (tertiary/aromatic N) is 1. The average molecular weight is 227 g/mol. The molecule has 1 aromatic rings. The van der Waals surface area contributed by atoms with Crippen molar-refractivity contribution in [2.45, 2.75) is 33.2 Å². The van der Waals surface area contributed by atoms with Crippen molar-refractivity contribution in [3.8, 4) is 0 Å². The maximum Gasteiger partial charge on any atom is 0.245 e. The summed E-state index contributed by atoms with van der Waals surface area (Å²) in [5, 5.41) is 6.41. The Kier molecular flexibility index (Phi) is 3.46. The molecule has 0 fully saturated rings. The normalized spacial score (nSPS) is 11.5. The first-order valence-electron chi connectivity index (χ1n) is 4.81. The lowest BCUT2D eigenvalue weighted by molar-refractivity contribution is -0.121. The third-order valence-corrected chi connectivity index (χ3v) is 3.43. The van der Waals surface area contributed by atoms with E-state index in [4.69, 9.17) is 0 Å². The Hall–Kier alpha value is -0.940. The number of rotatable bonds is 3. The summed E-state index contributed by atoms with van der Waals surface area (Å²) in [6.45, 7) is 7.59. The largest absolute Gasteiger partial charge is 0.307 e. The molecule has 15 heavy (non-hydrogen) atoms. The van der Waals surface area contributed by atoms with Crippen molar-refractivity contribution >= 4 is 22.4 Å². The highest BCUT2D eigenvalue weighted by atomic mass is 32.1. The van der Waals surface area contributed by atoms with E-state index in [1.807, 2.05) is 27.7 Å². The van der Waals surface area contributed by atoms with Gasteiger partial charge in [-0.2, -0.15) is 0 Å². The first-order valence-corrected chi connectivity index (χ1v) is 5.63. The van der Waals surface area contributed by atoms with Gasteiger partial charge in [0.25, 0.3) is 0 Å². The predicted octanol–water partition coefficient (Wildman–Crippen LogP) is 1.70. The van der Waals surface area contributed by atoms with Crippen molar-refractivity contribution in [2.24, 2.45) is 0 Å². The van der Waals surface area contributed by atoms with Crippen LogP contribution in [0.25, 0.3) is 0 Å². The number of thiazole rings is 1. The van der Waals surface area contributed by atoms with E-state index in [0.29, 0.717) is 5.13 Å². The van der Waals surface area contributed by atoms with Gasteiger partial charge in [-0.3, -0.25) is 4.79 Å². The van der Waals surface area contributed by atoms with E-state index in [1.165, 1.54) is 11.3 Å². The van der Waals surface area contributed by atoms with Crippen LogP contribution in [-0.2, 0) is 4.79 Å². The maximum absolute atomic E-state index is 11.8. The fraction of sp³-hybridized carbons (Fsp3) is 0.600. The van der Waals surface area contributed by atoms with Crippen LogP contribution in [0.5, 0.6) is 0 Å². The molecule has 0 aliphatic heterocycles. The zero-order chi connectivity index (χ0) is 11.6. The minimum Gasteiger partial charge on any atom is -0.307 e. The Morgan fingerprint density at radius 3 is 2.40 bits per heavy atom. The Labute approximate surface area is 94.1 Å². The molecule has 1 heterocycles. The van der Waals surface area contributed by atoms with Crippen LogP contribution in [0.3, 0.4) is 0 Å². The highest BCUT2D eigenvalue weighted by molar-refractivity contribution is 7.15. The van der Waals surface area contributed by atoms with Crippen LogP contribution in [0.2, 0.25) is 0 Å². The van der Waals surface area contributed by atoms with Crippen molar-refractivity contribution < 1.29 is 4.79 Å². The van der Waals surface area contributed by atoms with Gasteiger partial charge in [0.1, 0.15) is 0 Å². The summed E-state index contributed by atoms with van der Waals surface area (Å²) in [4.78, 5) is 17.2. The Bertz CT molecular complexity index is 351. The van der Waals surface area contributed by atoms with Crippen molar-refractivity contribution in [3.63, 3.8) is 0 Å². The van der Waals surface area contributed by atoms with Gasteiger partial charge in [-0.25, -0.2) is 4.98 Å². The van der Waals surface area contributed by atoms with Crippen LogP contribution < -0.4 is 10.6 Å². The van der Waals surface area contributed by atoms with Gasteiger partial charge in [0.15, 0.2) is 5.13 Å². The molecule has 1 rings (SSSR count). The molecular weight excluding hydrogens is 210 g/mol. The first kappa shape index (κ1) is 12.1. The molecular formula is C10H17N3OS. The van der Waals surface area contributed by atoms with Gasteiger partial charge in [-0.1, -0.05) is 0 Å². The van der Waals surface area contributed by atoms with E-state index >= 15 is 0 Å². The molecule has 1 amide bonds. The van der Waals surface area contributed by atoms with E-state index in [0.717, 1.165) is 10.6 Å². The van der Waals surface area contributed by atoms with Gasteiger partial charge in [-0.05, 0) is 34.7 Å². The quantitative estimate of drug-likeness (QED) is 0.826. The summed E-state index contributed by atoms with van der Waals surface area (Å²) in [6.07, 6.45) is 0. The Morgan fingerprint density at radius 2 is 2.00 bits per heavy atom. The average Bonchev–Trinajstić information content (AvgIpc) is 2.46. The van der Waals surface area contributed by atoms with E-state index in [9.17, 15) is 4.79 Å². The summed E-state index contributed by atoms with van der Waals surface area (Å²) in [7, 11) is 1.76. The minimum atomic E-state index is -0.576. The number of nitrogens with one attached hydrogen (secondary N) is 2. The Balaban J connectivity index is 2.75. The number of likely N-dealkylation sites (N-methyl/N-ethyl adjacent to an activating group) is 1. The number of aromatic nitrogens is 1. The maximum atomic E-state index is 11.8. The van der Waals surface area contributed by atoms with E-state index < -0.39 is 5.54 Å². The number of aryl methyl sites for hydroxylation is 2. The SMILES string of the molecule is CNC(C)(C)C(=O)Nc1nc(C)c(C)s1. The van der Waals surface area contributed by atoms with E-state index in [2.05, 4.69) is 15.6 Å². The molecule has 5 heteroatoms. The molecule has 1 aromatic heterocycles. The second-order valence-electron chi connectivity index (χ2n) is 3.99. The lowest BCUT2D eigenvalue weighted by Crippen LogP contribution is -2.47. The van der Waals surface area contributed by atoms with Gasteiger partial charge in [-0.15, -0.1) is 11.3 Å². The molecule has 2 N–H and O–H groups in total. The van der Waals surface area contributed by atoms with Crippen LogP contribution in [0, 0.1) is 13.8 Å². The monoisotopic (exact) mass is 227 g/mol. The van der Waals surface area contributed by atoms with Crippen LogP contribution in [0.15, 0.2) is 0 Å². The van der Waals surface area contributed by atoms with Crippen molar-refractivity contribution in [3.05, 3.63) is 10.6 Å². The molecule has 84 valence electrons. The van der Waals surface area contributed by atoms with E-state index in [-0.39, 0.29) is 5.91 Å². The summed E-state index contributed by atoms with van der Waals surface area (Å²) in [6, 6.07) is 0. The summed E-state index contributed by atoms with van der Waals surface area (Å²) >= 11 is 1.50. The van der Waals surface area contributed by atoms with Gasteiger partial charge in [0.05, 0.1) is 11.2 Å². The van der Waals surface area contributed by atoms with Gasteiger partial charge in [0.2, 0.25) is 5.91 Å². The third kappa shape index (κ3) is 2.76. The predicted molar refractivity (Wildman–Crippen MR) is 63.4 cm³/mol. The summed E-state index contributed by atoms with van der Waals surface area (Å²) in [5.74, 6) is -0.0706. The topological polar surface area (TPSA) is 54.0 Å². The van der Waals surface area contributed by atoms with Crippen LogP contribution in [-0.4, -0.2) is 23.5 Å². The molecule has 0 saturated carbocycles. The molecule has 0 aliphatic carbocycles. The zero-order valence-corrected chi connectivity index (χ0v) is 10.6. The number of amides is 1. The lowest BCUT2D eigenvalue weighted by Gasteiger charge is -2.21. The number of carbonyl (C=O) groups is 1. The number of hydrogen-bond donors (Lipinski definition) is 2.